The van der Waals surface area contributed by atoms with Crippen molar-refractivity contribution in [2.24, 2.45) is 5.10 Å². The minimum atomic E-state index is -5.04. The molecule has 0 radical (unpaired) electrons. The van der Waals surface area contributed by atoms with Crippen LogP contribution in [0.5, 0.6) is 0 Å². The molecule has 1 N–H and O–H groups in total. The molecule has 3 heterocycles. The van der Waals surface area contributed by atoms with Gasteiger partial charge >= 0.3 is 12.4 Å². The largest absolute Gasteiger partial charge is 0.433 e. The molecule has 4 rings (SSSR count). The number of carbonyl (C=O) groups is 1. The molecular formula is C21H13F6N7O. The zero-order valence-electron chi connectivity index (χ0n) is 17.6. The number of hydrazone groups is 1. The zero-order chi connectivity index (χ0) is 25.4. The first-order valence-electron chi connectivity index (χ1n) is 9.71. The fourth-order valence-electron chi connectivity index (χ4n) is 3.22. The first kappa shape index (κ1) is 23.8. The standard InChI is InChI=1S/C21H13F6N7O/c1-11-17(19(35)32-29-10-12-4-3-7-28-9-12)31-33-34(11)15-8-16(21(25,26)27)30-18-13(15)5-2-6-14(18)20(22,23)24/h2-10H,1H3,(H,32,35)/b29-10+. The van der Waals surface area contributed by atoms with Crippen molar-refractivity contribution < 1.29 is 31.1 Å². The Hall–Kier alpha value is -4.36. The van der Waals surface area contributed by atoms with E-state index >= 15 is 0 Å². The molecule has 0 saturated heterocycles. The Balaban J connectivity index is 1.78. The van der Waals surface area contributed by atoms with Gasteiger partial charge in [0.05, 0.1) is 28.7 Å². The Morgan fingerprint density at radius 1 is 1.09 bits per heavy atom. The number of nitrogens with one attached hydrogen (secondary N) is 1. The lowest BCUT2D eigenvalue weighted by Gasteiger charge is -2.15. The molecule has 180 valence electrons. The highest BCUT2D eigenvalue weighted by Gasteiger charge is 2.38. The number of benzene rings is 1. The molecule has 1 aromatic carbocycles. The van der Waals surface area contributed by atoms with Crippen LogP contribution < -0.4 is 5.43 Å². The highest BCUT2D eigenvalue weighted by atomic mass is 19.4. The molecule has 0 spiro atoms. The van der Waals surface area contributed by atoms with E-state index in [1.54, 1.807) is 18.3 Å². The number of para-hydroxylation sites is 1. The van der Waals surface area contributed by atoms with Gasteiger partial charge in [0.25, 0.3) is 5.91 Å². The van der Waals surface area contributed by atoms with Crippen molar-refractivity contribution in [1.82, 2.24) is 30.4 Å². The number of halogens is 6. The van der Waals surface area contributed by atoms with Crippen LogP contribution in [-0.4, -0.2) is 37.1 Å². The van der Waals surface area contributed by atoms with E-state index in [0.717, 1.165) is 10.7 Å². The van der Waals surface area contributed by atoms with Gasteiger partial charge < -0.3 is 0 Å². The number of amides is 1. The normalized spacial score (nSPS) is 12.4. The third-order valence-electron chi connectivity index (χ3n) is 4.82. The Labute approximate surface area is 192 Å². The maximum absolute atomic E-state index is 13.5. The molecule has 14 heteroatoms. The first-order chi connectivity index (χ1) is 16.5. The lowest BCUT2D eigenvalue weighted by atomic mass is 10.1. The van der Waals surface area contributed by atoms with Crippen molar-refractivity contribution in [3.8, 4) is 5.69 Å². The van der Waals surface area contributed by atoms with Gasteiger partial charge in [0.15, 0.2) is 5.69 Å². The SMILES string of the molecule is Cc1c(C(=O)N/N=C/c2cccnc2)nnn1-c1cc(C(F)(F)F)nc2c(C(F)(F)F)cccc12. The van der Waals surface area contributed by atoms with Gasteiger partial charge in [0.2, 0.25) is 0 Å². The summed E-state index contributed by atoms with van der Waals surface area (Å²) in [4.78, 5) is 19.6. The number of hydrogen-bond acceptors (Lipinski definition) is 6. The van der Waals surface area contributed by atoms with Crippen molar-refractivity contribution >= 4 is 23.0 Å². The second-order valence-electron chi connectivity index (χ2n) is 7.14. The molecule has 0 unspecified atom stereocenters. The van der Waals surface area contributed by atoms with E-state index in [4.69, 9.17) is 0 Å². The Kier molecular flexibility index (Phi) is 5.96. The number of alkyl halides is 6. The molecular weight excluding hydrogens is 480 g/mol. The van der Waals surface area contributed by atoms with Crippen molar-refractivity contribution in [3.63, 3.8) is 0 Å². The topological polar surface area (TPSA) is 98.0 Å². The first-order valence-corrected chi connectivity index (χ1v) is 9.71. The van der Waals surface area contributed by atoms with Crippen molar-refractivity contribution in [2.45, 2.75) is 19.3 Å². The molecule has 0 atom stereocenters. The van der Waals surface area contributed by atoms with Gasteiger partial charge in [0, 0.05) is 23.3 Å². The Bertz CT molecular complexity index is 1430. The number of hydrogen-bond donors (Lipinski definition) is 1. The van der Waals surface area contributed by atoms with Crippen LogP contribution in [0.2, 0.25) is 0 Å². The van der Waals surface area contributed by atoms with E-state index in [9.17, 15) is 31.1 Å². The minimum absolute atomic E-state index is 0.0304. The smallest absolute Gasteiger partial charge is 0.265 e. The van der Waals surface area contributed by atoms with Crippen molar-refractivity contribution in [3.05, 3.63) is 77.0 Å². The highest BCUT2D eigenvalue weighted by molar-refractivity contribution is 5.95. The minimum Gasteiger partial charge on any atom is -0.265 e. The van der Waals surface area contributed by atoms with Gasteiger partial charge in [-0.2, -0.15) is 31.4 Å². The zero-order valence-corrected chi connectivity index (χ0v) is 17.6. The number of fused-ring (bicyclic) bond motifs is 1. The van der Waals surface area contributed by atoms with Gasteiger partial charge in [-0.15, -0.1) is 5.10 Å². The number of aromatic nitrogens is 5. The molecule has 0 aliphatic heterocycles. The molecule has 0 saturated carbocycles. The summed E-state index contributed by atoms with van der Waals surface area (Å²) in [7, 11) is 0. The van der Waals surface area contributed by atoms with Crippen LogP contribution in [0, 0.1) is 6.92 Å². The van der Waals surface area contributed by atoms with Crippen molar-refractivity contribution in [1.29, 1.82) is 0 Å². The molecule has 1 amide bonds. The fourth-order valence-corrected chi connectivity index (χ4v) is 3.22. The summed E-state index contributed by atoms with van der Waals surface area (Å²) in [5.74, 6) is -0.834. The molecule has 3 aromatic heterocycles. The number of pyridine rings is 2. The van der Waals surface area contributed by atoms with E-state index in [-0.39, 0.29) is 22.5 Å². The third-order valence-corrected chi connectivity index (χ3v) is 4.82. The molecule has 0 fully saturated rings. The van der Waals surface area contributed by atoms with E-state index in [0.29, 0.717) is 17.7 Å². The van der Waals surface area contributed by atoms with Gasteiger partial charge in [-0.25, -0.2) is 15.1 Å². The average molecular weight is 493 g/mol. The quantitative estimate of drug-likeness (QED) is 0.260. The number of nitrogens with zero attached hydrogens (tertiary/aromatic N) is 6. The number of carbonyl (C=O) groups excluding carboxylic acids is 1. The van der Waals surface area contributed by atoms with E-state index in [1.807, 2.05) is 0 Å². The van der Waals surface area contributed by atoms with E-state index in [2.05, 4.69) is 30.8 Å². The van der Waals surface area contributed by atoms with Crippen LogP contribution in [0.1, 0.15) is 33.0 Å². The van der Waals surface area contributed by atoms with Crippen LogP contribution in [0.15, 0.2) is 53.9 Å². The summed E-state index contributed by atoms with van der Waals surface area (Å²) >= 11 is 0. The van der Waals surface area contributed by atoms with Crippen LogP contribution in [-0.2, 0) is 12.4 Å². The Morgan fingerprint density at radius 3 is 2.51 bits per heavy atom. The van der Waals surface area contributed by atoms with Crippen LogP contribution in [0.3, 0.4) is 0 Å². The summed E-state index contributed by atoms with van der Waals surface area (Å²) in [6.45, 7) is 1.33. The highest BCUT2D eigenvalue weighted by Crippen LogP contribution is 2.38. The van der Waals surface area contributed by atoms with Gasteiger partial charge in [-0.05, 0) is 25.1 Å². The predicted octanol–water partition coefficient (Wildman–Crippen LogP) is 4.32. The van der Waals surface area contributed by atoms with Crippen LogP contribution >= 0.6 is 0 Å². The van der Waals surface area contributed by atoms with E-state index < -0.39 is 35.0 Å². The monoisotopic (exact) mass is 493 g/mol. The Morgan fingerprint density at radius 2 is 1.86 bits per heavy atom. The van der Waals surface area contributed by atoms with Gasteiger partial charge in [-0.3, -0.25) is 9.78 Å². The third kappa shape index (κ3) is 4.81. The molecule has 0 aliphatic rings. The molecule has 0 aliphatic carbocycles. The summed E-state index contributed by atoms with van der Waals surface area (Å²) in [6.07, 6.45) is -5.67. The summed E-state index contributed by atoms with van der Waals surface area (Å²) < 4.78 is 81.7. The average Bonchev–Trinajstić information content (AvgIpc) is 3.18. The van der Waals surface area contributed by atoms with Crippen LogP contribution in [0.4, 0.5) is 26.3 Å². The molecule has 8 nitrogen and oxygen atoms in total. The lowest BCUT2D eigenvalue weighted by molar-refractivity contribution is -0.142. The maximum Gasteiger partial charge on any atom is 0.433 e. The van der Waals surface area contributed by atoms with Gasteiger partial charge in [-0.1, -0.05) is 23.4 Å². The number of rotatable bonds is 4. The second-order valence-corrected chi connectivity index (χ2v) is 7.14. The van der Waals surface area contributed by atoms with Gasteiger partial charge in [0.1, 0.15) is 5.69 Å². The lowest BCUT2D eigenvalue weighted by Crippen LogP contribution is -2.19. The molecule has 35 heavy (non-hydrogen) atoms. The summed E-state index contributed by atoms with van der Waals surface area (Å²) in [5.41, 5.74) is -1.73. The molecule has 4 aromatic rings. The summed E-state index contributed by atoms with van der Waals surface area (Å²) in [5, 5.41) is 10.9. The molecule has 0 bridgehead atoms. The second kappa shape index (κ2) is 8.77. The summed E-state index contributed by atoms with van der Waals surface area (Å²) in [6, 6.07) is 6.71. The van der Waals surface area contributed by atoms with E-state index in [1.165, 1.54) is 25.4 Å². The maximum atomic E-state index is 13.5. The predicted molar refractivity (Wildman–Crippen MR) is 111 cm³/mol. The fraction of sp³-hybridized carbons (Fsp3) is 0.143. The van der Waals surface area contributed by atoms with Crippen LogP contribution in [0.25, 0.3) is 16.6 Å². The van der Waals surface area contributed by atoms with Crippen molar-refractivity contribution in [2.75, 3.05) is 0 Å².